The van der Waals surface area contributed by atoms with E-state index in [4.69, 9.17) is 0 Å². The van der Waals surface area contributed by atoms with Gasteiger partial charge in [-0.1, -0.05) is 0 Å². The number of anilines is 1. The first-order valence-corrected chi connectivity index (χ1v) is 7.90. The number of rotatable bonds is 5. The standard InChI is InChI=1S/C15H13N5O3S/c1-10-17-11(9-24-10)8-15(21)18-14-6-7-16-19(14)12-2-4-13(5-3-12)20(22)23/h2-7,9H,8H2,1H3,(H,18,21). The van der Waals surface area contributed by atoms with E-state index in [9.17, 15) is 14.9 Å². The van der Waals surface area contributed by atoms with E-state index in [0.29, 0.717) is 11.5 Å². The van der Waals surface area contributed by atoms with E-state index in [-0.39, 0.29) is 18.0 Å². The van der Waals surface area contributed by atoms with Gasteiger partial charge in [-0.25, -0.2) is 9.67 Å². The summed E-state index contributed by atoms with van der Waals surface area (Å²) in [6.07, 6.45) is 1.72. The second kappa shape index (κ2) is 6.59. The minimum absolute atomic E-state index is 0.00427. The molecule has 0 atom stereocenters. The largest absolute Gasteiger partial charge is 0.310 e. The molecule has 2 heterocycles. The third-order valence-corrected chi connectivity index (χ3v) is 4.05. The van der Waals surface area contributed by atoms with Crippen LogP contribution in [0.25, 0.3) is 5.69 Å². The van der Waals surface area contributed by atoms with Crippen molar-refractivity contribution in [1.82, 2.24) is 14.8 Å². The van der Waals surface area contributed by atoms with Gasteiger partial charge in [-0.15, -0.1) is 11.3 Å². The Hall–Kier alpha value is -3.07. The monoisotopic (exact) mass is 343 g/mol. The maximum atomic E-state index is 12.1. The number of thiazole rings is 1. The van der Waals surface area contributed by atoms with E-state index in [2.05, 4.69) is 15.4 Å². The lowest BCUT2D eigenvalue weighted by Gasteiger charge is -2.08. The maximum Gasteiger partial charge on any atom is 0.269 e. The van der Waals surface area contributed by atoms with E-state index in [1.807, 2.05) is 12.3 Å². The molecular weight excluding hydrogens is 330 g/mol. The lowest BCUT2D eigenvalue weighted by molar-refractivity contribution is -0.384. The Bertz CT molecular complexity index is 885. The van der Waals surface area contributed by atoms with Crippen LogP contribution in [0, 0.1) is 17.0 Å². The van der Waals surface area contributed by atoms with Crippen LogP contribution >= 0.6 is 11.3 Å². The highest BCUT2D eigenvalue weighted by Crippen LogP contribution is 2.19. The molecule has 0 aliphatic heterocycles. The molecule has 9 heteroatoms. The van der Waals surface area contributed by atoms with Crippen LogP contribution in [-0.2, 0) is 11.2 Å². The summed E-state index contributed by atoms with van der Waals surface area (Å²) in [4.78, 5) is 26.6. The number of amides is 1. The summed E-state index contributed by atoms with van der Waals surface area (Å²) in [6.45, 7) is 1.88. The highest BCUT2D eigenvalue weighted by atomic mass is 32.1. The fraction of sp³-hybridized carbons (Fsp3) is 0.133. The lowest BCUT2D eigenvalue weighted by Crippen LogP contribution is -2.17. The molecule has 24 heavy (non-hydrogen) atoms. The third-order valence-electron chi connectivity index (χ3n) is 3.22. The number of non-ortho nitro benzene ring substituents is 1. The molecule has 0 saturated heterocycles. The number of hydrogen-bond donors (Lipinski definition) is 1. The molecule has 2 aromatic heterocycles. The number of aromatic nitrogens is 3. The van der Waals surface area contributed by atoms with Crippen molar-refractivity contribution in [3.8, 4) is 5.69 Å². The van der Waals surface area contributed by atoms with E-state index in [1.165, 1.54) is 28.2 Å². The molecule has 0 fully saturated rings. The van der Waals surface area contributed by atoms with Crippen molar-refractivity contribution < 1.29 is 9.72 Å². The van der Waals surface area contributed by atoms with Crippen molar-refractivity contribution in [1.29, 1.82) is 0 Å². The van der Waals surface area contributed by atoms with Crippen LogP contribution in [0.1, 0.15) is 10.7 Å². The molecule has 0 radical (unpaired) electrons. The number of hydrogen-bond acceptors (Lipinski definition) is 6. The first kappa shape index (κ1) is 15.8. The maximum absolute atomic E-state index is 12.1. The van der Waals surface area contributed by atoms with Crippen molar-refractivity contribution in [2.45, 2.75) is 13.3 Å². The van der Waals surface area contributed by atoms with Crippen LogP contribution in [0.3, 0.4) is 0 Å². The molecule has 0 unspecified atom stereocenters. The van der Waals surface area contributed by atoms with Crippen molar-refractivity contribution in [2.24, 2.45) is 0 Å². The second-order valence-electron chi connectivity index (χ2n) is 4.98. The fourth-order valence-corrected chi connectivity index (χ4v) is 2.77. The number of aryl methyl sites for hydroxylation is 1. The molecule has 0 bridgehead atoms. The van der Waals surface area contributed by atoms with Gasteiger partial charge in [0.05, 0.1) is 33.9 Å². The van der Waals surface area contributed by atoms with Crippen LogP contribution in [0.15, 0.2) is 41.9 Å². The Morgan fingerprint density at radius 3 is 2.71 bits per heavy atom. The quantitative estimate of drug-likeness (QED) is 0.567. The molecule has 0 aliphatic carbocycles. The van der Waals surface area contributed by atoms with E-state index >= 15 is 0 Å². The van der Waals surface area contributed by atoms with Gasteiger partial charge in [0, 0.05) is 23.6 Å². The molecule has 8 nitrogen and oxygen atoms in total. The van der Waals surface area contributed by atoms with Crippen molar-refractivity contribution in [2.75, 3.05) is 5.32 Å². The number of carbonyl (C=O) groups excluding carboxylic acids is 1. The van der Waals surface area contributed by atoms with Crippen LogP contribution in [0.4, 0.5) is 11.5 Å². The highest BCUT2D eigenvalue weighted by Gasteiger charge is 2.12. The number of benzene rings is 1. The van der Waals surface area contributed by atoms with Crippen LogP contribution < -0.4 is 5.32 Å². The zero-order valence-electron chi connectivity index (χ0n) is 12.7. The van der Waals surface area contributed by atoms with Gasteiger partial charge in [-0.3, -0.25) is 14.9 Å². The van der Waals surface area contributed by atoms with Gasteiger partial charge in [-0.2, -0.15) is 5.10 Å². The molecule has 3 aromatic rings. The Balaban J connectivity index is 1.75. The van der Waals surface area contributed by atoms with E-state index in [0.717, 1.165) is 10.7 Å². The third kappa shape index (κ3) is 3.46. The zero-order valence-corrected chi connectivity index (χ0v) is 13.5. The number of nitrogens with one attached hydrogen (secondary N) is 1. The van der Waals surface area contributed by atoms with Crippen molar-refractivity contribution in [3.05, 3.63) is 62.7 Å². The van der Waals surface area contributed by atoms with Gasteiger partial charge in [0.1, 0.15) is 5.82 Å². The molecule has 122 valence electrons. The summed E-state index contributed by atoms with van der Waals surface area (Å²) in [5.74, 6) is 0.282. The first-order valence-electron chi connectivity index (χ1n) is 7.02. The summed E-state index contributed by atoms with van der Waals surface area (Å²) in [5.41, 5.74) is 1.33. The summed E-state index contributed by atoms with van der Waals surface area (Å²) < 4.78 is 1.51. The van der Waals surface area contributed by atoms with Gasteiger partial charge < -0.3 is 5.32 Å². The minimum Gasteiger partial charge on any atom is -0.310 e. The van der Waals surface area contributed by atoms with Gasteiger partial charge in [0.2, 0.25) is 5.91 Å². The van der Waals surface area contributed by atoms with Gasteiger partial charge in [-0.05, 0) is 19.1 Å². The Morgan fingerprint density at radius 2 is 2.08 bits per heavy atom. The van der Waals surface area contributed by atoms with Crippen LogP contribution in [0.2, 0.25) is 0 Å². The van der Waals surface area contributed by atoms with E-state index < -0.39 is 4.92 Å². The van der Waals surface area contributed by atoms with Gasteiger partial charge in [0.15, 0.2) is 0 Å². The molecule has 0 aliphatic rings. The average Bonchev–Trinajstić information content (AvgIpc) is 3.16. The minimum atomic E-state index is -0.467. The summed E-state index contributed by atoms with van der Waals surface area (Å²) in [7, 11) is 0. The van der Waals surface area contributed by atoms with Crippen LogP contribution in [-0.4, -0.2) is 25.6 Å². The lowest BCUT2D eigenvalue weighted by atomic mass is 10.3. The normalized spacial score (nSPS) is 10.5. The van der Waals surface area contributed by atoms with Crippen molar-refractivity contribution >= 4 is 28.7 Å². The number of nitro groups is 1. The highest BCUT2D eigenvalue weighted by molar-refractivity contribution is 7.09. The zero-order chi connectivity index (χ0) is 17.1. The number of nitro benzene ring substituents is 1. The summed E-state index contributed by atoms with van der Waals surface area (Å²) in [5, 5.41) is 20.4. The SMILES string of the molecule is Cc1nc(CC(=O)Nc2ccnn2-c2ccc([N+](=O)[O-])cc2)cs1. The van der Waals surface area contributed by atoms with E-state index in [1.54, 1.807) is 24.4 Å². The predicted octanol–water partition coefficient (Wildman–Crippen LogP) is 2.73. The Labute approximate surface area is 140 Å². The Kier molecular flexibility index (Phi) is 4.34. The number of nitrogens with zero attached hydrogens (tertiary/aromatic N) is 4. The molecular formula is C15H13N5O3S. The summed E-state index contributed by atoms with van der Waals surface area (Å²) in [6, 6.07) is 7.59. The predicted molar refractivity (Wildman–Crippen MR) is 89.4 cm³/mol. The molecule has 0 spiro atoms. The topological polar surface area (TPSA) is 103 Å². The van der Waals surface area contributed by atoms with Gasteiger partial charge >= 0.3 is 0 Å². The molecule has 0 saturated carbocycles. The van der Waals surface area contributed by atoms with Gasteiger partial charge in [0.25, 0.3) is 5.69 Å². The fourth-order valence-electron chi connectivity index (χ4n) is 2.16. The molecule has 1 aromatic carbocycles. The van der Waals surface area contributed by atoms with Crippen LogP contribution in [0.5, 0.6) is 0 Å². The summed E-state index contributed by atoms with van der Waals surface area (Å²) >= 11 is 1.49. The second-order valence-corrected chi connectivity index (χ2v) is 6.05. The molecule has 1 N–H and O–H groups in total. The van der Waals surface area contributed by atoms with Crippen molar-refractivity contribution in [3.63, 3.8) is 0 Å². The molecule has 3 rings (SSSR count). The average molecular weight is 343 g/mol. The molecule has 1 amide bonds. The number of carbonyl (C=O) groups is 1. The Morgan fingerprint density at radius 1 is 1.33 bits per heavy atom. The first-order chi connectivity index (χ1) is 11.5. The smallest absolute Gasteiger partial charge is 0.269 e.